The fourth-order valence-corrected chi connectivity index (χ4v) is 3.00. The van der Waals surface area contributed by atoms with Gasteiger partial charge in [-0.25, -0.2) is 4.79 Å². The number of pyridine rings is 1. The lowest BCUT2D eigenvalue weighted by Crippen LogP contribution is -2.44. The molecule has 23 heavy (non-hydrogen) atoms. The molecule has 0 radical (unpaired) electrons. The molecule has 1 N–H and O–H groups in total. The van der Waals surface area contributed by atoms with Gasteiger partial charge in [0.25, 0.3) is 0 Å². The molecule has 0 unspecified atom stereocenters. The highest BCUT2D eigenvalue weighted by atomic mass is 16.5. The van der Waals surface area contributed by atoms with Crippen LogP contribution in [0.2, 0.25) is 0 Å². The molecule has 0 spiro atoms. The van der Waals surface area contributed by atoms with Crippen LogP contribution in [0.3, 0.4) is 0 Å². The van der Waals surface area contributed by atoms with E-state index in [1.165, 1.54) is 0 Å². The molecule has 0 saturated carbocycles. The summed E-state index contributed by atoms with van der Waals surface area (Å²) in [5.41, 5.74) is 0.876. The number of carbonyl (C=O) groups excluding carboxylic acids is 1. The zero-order valence-electron chi connectivity index (χ0n) is 13.4. The lowest BCUT2D eigenvalue weighted by molar-refractivity contribution is 0.174. The zero-order chi connectivity index (χ0) is 16.1. The van der Waals surface area contributed by atoms with Gasteiger partial charge in [0, 0.05) is 45.5 Å². The number of hydrogen-bond donors (Lipinski definition) is 1. The van der Waals surface area contributed by atoms with Crippen molar-refractivity contribution in [3.05, 3.63) is 30.2 Å². The maximum absolute atomic E-state index is 12.1. The topological polar surface area (TPSA) is 71.8 Å². The molecule has 0 atom stereocenters. The summed E-state index contributed by atoms with van der Waals surface area (Å²) in [5, 5.41) is 11.5. The molecule has 1 saturated heterocycles. The van der Waals surface area contributed by atoms with E-state index in [2.05, 4.69) is 15.5 Å². The van der Waals surface area contributed by atoms with Crippen LogP contribution in [0.15, 0.2) is 24.4 Å². The van der Waals surface area contributed by atoms with Gasteiger partial charge in [-0.1, -0.05) is 6.07 Å². The molecular formula is C16H23N5O2. The summed E-state index contributed by atoms with van der Waals surface area (Å²) >= 11 is 0. The average molecular weight is 317 g/mol. The first kappa shape index (κ1) is 15.7. The molecule has 7 heteroatoms. The van der Waals surface area contributed by atoms with Gasteiger partial charge in [-0.15, -0.1) is 10.2 Å². The lowest BCUT2D eigenvalue weighted by Gasteiger charge is -2.31. The number of urea groups is 1. The van der Waals surface area contributed by atoms with Crippen LogP contribution in [0.25, 0.3) is 5.65 Å². The van der Waals surface area contributed by atoms with Gasteiger partial charge >= 0.3 is 6.03 Å². The molecule has 3 rings (SSSR count). The summed E-state index contributed by atoms with van der Waals surface area (Å²) in [6, 6.07) is 5.93. The van der Waals surface area contributed by atoms with Crippen molar-refractivity contribution < 1.29 is 9.53 Å². The van der Waals surface area contributed by atoms with E-state index in [1.807, 2.05) is 33.7 Å². The first-order valence-electron chi connectivity index (χ1n) is 8.11. The summed E-state index contributed by atoms with van der Waals surface area (Å²) in [5.74, 6) is 1.35. The van der Waals surface area contributed by atoms with Crippen molar-refractivity contribution in [2.24, 2.45) is 0 Å². The lowest BCUT2D eigenvalue weighted by atomic mass is 9.96. The molecule has 2 amide bonds. The van der Waals surface area contributed by atoms with Crippen LogP contribution >= 0.6 is 0 Å². The number of likely N-dealkylation sites (tertiary alicyclic amines) is 1. The SMILES string of the molecule is COCCCNC(=O)N1CCC(c2nnc3ccccn23)CC1. The van der Waals surface area contributed by atoms with Crippen LogP contribution in [0.4, 0.5) is 4.79 Å². The van der Waals surface area contributed by atoms with Crippen LogP contribution in [-0.2, 0) is 4.74 Å². The number of piperidine rings is 1. The van der Waals surface area contributed by atoms with E-state index in [0.717, 1.165) is 43.8 Å². The highest BCUT2D eigenvalue weighted by Gasteiger charge is 2.26. The van der Waals surface area contributed by atoms with E-state index in [4.69, 9.17) is 4.74 Å². The quantitative estimate of drug-likeness (QED) is 0.851. The maximum atomic E-state index is 12.1. The first-order valence-corrected chi connectivity index (χ1v) is 8.11. The van der Waals surface area contributed by atoms with E-state index < -0.39 is 0 Å². The number of ether oxygens (including phenoxy) is 1. The Kier molecular flexibility index (Phi) is 5.07. The third-order valence-corrected chi connectivity index (χ3v) is 4.29. The van der Waals surface area contributed by atoms with Crippen LogP contribution in [0.5, 0.6) is 0 Å². The minimum atomic E-state index is 0.0191. The number of fused-ring (bicyclic) bond motifs is 1. The Labute approximate surface area is 135 Å². The fraction of sp³-hybridized carbons (Fsp3) is 0.562. The molecule has 0 bridgehead atoms. The molecule has 124 valence electrons. The summed E-state index contributed by atoms with van der Waals surface area (Å²) in [4.78, 5) is 14.0. The predicted octanol–water partition coefficient (Wildman–Crippen LogP) is 1.65. The monoisotopic (exact) mass is 317 g/mol. The fourth-order valence-electron chi connectivity index (χ4n) is 3.00. The van der Waals surface area contributed by atoms with Gasteiger partial charge in [0.2, 0.25) is 0 Å². The third kappa shape index (κ3) is 3.61. The second kappa shape index (κ2) is 7.41. The summed E-state index contributed by atoms with van der Waals surface area (Å²) in [6.07, 6.45) is 4.67. The second-order valence-electron chi connectivity index (χ2n) is 5.83. The Morgan fingerprint density at radius 3 is 2.96 bits per heavy atom. The van der Waals surface area contributed by atoms with Gasteiger partial charge < -0.3 is 15.0 Å². The van der Waals surface area contributed by atoms with Crippen molar-refractivity contribution in [1.29, 1.82) is 0 Å². The second-order valence-corrected chi connectivity index (χ2v) is 5.83. The number of nitrogens with one attached hydrogen (secondary N) is 1. The minimum absolute atomic E-state index is 0.0191. The summed E-state index contributed by atoms with van der Waals surface area (Å²) in [6.45, 7) is 2.83. The number of methoxy groups -OCH3 is 1. The molecule has 0 aliphatic carbocycles. The van der Waals surface area contributed by atoms with Crippen molar-refractivity contribution in [2.45, 2.75) is 25.2 Å². The van der Waals surface area contributed by atoms with E-state index in [-0.39, 0.29) is 6.03 Å². The Bertz CT molecular complexity index is 649. The molecule has 2 aromatic rings. The third-order valence-electron chi connectivity index (χ3n) is 4.29. The molecule has 7 nitrogen and oxygen atoms in total. The number of hydrogen-bond acceptors (Lipinski definition) is 4. The van der Waals surface area contributed by atoms with Crippen LogP contribution < -0.4 is 5.32 Å². The Morgan fingerprint density at radius 2 is 2.17 bits per heavy atom. The highest BCUT2D eigenvalue weighted by Crippen LogP contribution is 2.26. The number of nitrogens with zero attached hydrogens (tertiary/aromatic N) is 4. The number of carbonyl (C=O) groups is 1. The van der Waals surface area contributed by atoms with Gasteiger partial charge in [0.1, 0.15) is 5.82 Å². The predicted molar refractivity (Wildman–Crippen MR) is 86.4 cm³/mol. The van der Waals surface area contributed by atoms with Gasteiger partial charge in [-0.2, -0.15) is 0 Å². The largest absolute Gasteiger partial charge is 0.385 e. The van der Waals surface area contributed by atoms with E-state index >= 15 is 0 Å². The number of rotatable bonds is 5. The maximum Gasteiger partial charge on any atom is 0.317 e. The highest BCUT2D eigenvalue weighted by molar-refractivity contribution is 5.74. The van der Waals surface area contributed by atoms with Gasteiger partial charge in [0.05, 0.1) is 0 Å². The average Bonchev–Trinajstić information content (AvgIpc) is 3.03. The molecule has 0 aromatic carbocycles. The van der Waals surface area contributed by atoms with Gasteiger partial charge in [-0.05, 0) is 31.4 Å². The molecule has 1 aliphatic rings. The van der Waals surface area contributed by atoms with Crippen molar-refractivity contribution >= 4 is 11.7 Å². The van der Waals surface area contributed by atoms with Crippen LogP contribution in [0.1, 0.15) is 31.0 Å². The first-order chi connectivity index (χ1) is 11.3. The van der Waals surface area contributed by atoms with Gasteiger partial charge in [-0.3, -0.25) is 4.40 Å². The molecule has 2 aromatic heterocycles. The van der Waals surface area contributed by atoms with E-state index in [1.54, 1.807) is 7.11 Å². The number of amides is 2. The minimum Gasteiger partial charge on any atom is -0.385 e. The summed E-state index contributed by atoms with van der Waals surface area (Å²) in [7, 11) is 1.67. The van der Waals surface area contributed by atoms with Gasteiger partial charge in [0.15, 0.2) is 5.65 Å². The van der Waals surface area contributed by atoms with Crippen molar-refractivity contribution in [3.63, 3.8) is 0 Å². The standard InChI is InChI=1S/C16H23N5O2/c1-23-12-4-8-17-16(22)20-10-6-13(7-11-20)15-19-18-14-5-2-3-9-21(14)15/h2-3,5,9,13H,4,6-8,10-12H2,1H3,(H,17,22). The van der Waals surface area contributed by atoms with E-state index in [0.29, 0.717) is 19.1 Å². The Hall–Kier alpha value is -2.15. The smallest absolute Gasteiger partial charge is 0.317 e. The van der Waals surface area contributed by atoms with Crippen LogP contribution in [-0.4, -0.2) is 58.9 Å². The zero-order valence-corrected chi connectivity index (χ0v) is 13.4. The molecule has 1 aliphatic heterocycles. The molecule has 1 fully saturated rings. The Balaban J connectivity index is 1.53. The molecular weight excluding hydrogens is 294 g/mol. The molecule has 3 heterocycles. The Morgan fingerprint density at radius 1 is 1.35 bits per heavy atom. The van der Waals surface area contributed by atoms with Crippen molar-refractivity contribution in [3.8, 4) is 0 Å². The van der Waals surface area contributed by atoms with Crippen molar-refractivity contribution in [2.75, 3.05) is 33.4 Å². The summed E-state index contributed by atoms with van der Waals surface area (Å²) < 4.78 is 7.03. The normalized spacial score (nSPS) is 16.0. The van der Waals surface area contributed by atoms with E-state index in [9.17, 15) is 4.79 Å². The van der Waals surface area contributed by atoms with Crippen molar-refractivity contribution in [1.82, 2.24) is 24.8 Å². The van der Waals surface area contributed by atoms with Crippen LogP contribution in [0, 0.1) is 0 Å². The number of aromatic nitrogens is 3.